The van der Waals surface area contributed by atoms with E-state index in [0.717, 1.165) is 55.0 Å². The van der Waals surface area contributed by atoms with Crippen LogP contribution in [-0.4, -0.2) is 57.2 Å². The fourth-order valence-corrected chi connectivity index (χ4v) is 4.31. The smallest absolute Gasteiger partial charge is 0.238 e. The zero-order valence-corrected chi connectivity index (χ0v) is 17.4. The predicted molar refractivity (Wildman–Crippen MR) is 114 cm³/mol. The van der Waals surface area contributed by atoms with Crippen LogP contribution < -0.4 is 5.32 Å². The van der Waals surface area contributed by atoms with E-state index in [0.29, 0.717) is 16.6 Å². The maximum Gasteiger partial charge on any atom is 0.238 e. The Morgan fingerprint density at radius 1 is 1.00 bits per heavy atom. The number of piperazine rings is 1. The lowest BCUT2D eigenvalue weighted by atomic mass is 10.2. The lowest BCUT2D eigenvalue weighted by Crippen LogP contribution is -2.48. The first-order chi connectivity index (χ1) is 13.6. The molecule has 1 amide bonds. The molecule has 0 atom stereocenters. The number of hydrogen-bond donors (Lipinski definition) is 1. The van der Waals surface area contributed by atoms with Gasteiger partial charge in [0, 0.05) is 54.0 Å². The Morgan fingerprint density at radius 3 is 2.43 bits per heavy atom. The summed E-state index contributed by atoms with van der Waals surface area (Å²) in [7, 11) is 0. The molecule has 0 bridgehead atoms. The summed E-state index contributed by atoms with van der Waals surface area (Å²) < 4.78 is 8.37. The number of benzene rings is 2. The average molecular weight is 436 g/mol. The van der Waals surface area contributed by atoms with Crippen molar-refractivity contribution < 1.29 is 4.79 Å². The molecule has 2 heterocycles. The fraction of sp³-hybridized carbons (Fsp3) is 0.316. The molecule has 0 saturated carbocycles. The van der Waals surface area contributed by atoms with Crippen molar-refractivity contribution in [3.63, 3.8) is 0 Å². The van der Waals surface area contributed by atoms with Crippen LogP contribution in [0.2, 0.25) is 10.0 Å². The first-order valence-electron chi connectivity index (χ1n) is 8.98. The van der Waals surface area contributed by atoms with E-state index in [9.17, 15) is 4.79 Å². The molecule has 146 valence electrons. The van der Waals surface area contributed by atoms with Crippen LogP contribution >= 0.6 is 34.9 Å². The van der Waals surface area contributed by atoms with Crippen molar-refractivity contribution in [3.05, 3.63) is 52.0 Å². The second-order valence-corrected chi connectivity index (χ2v) is 8.11. The third kappa shape index (κ3) is 4.61. The van der Waals surface area contributed by atoms with E-state index in [1.165, 1.54) is 11.7 Å². The van der Waals surface area contributed by atoms with Crippen LogP contribution in [0.15, 0.2) is 36.4 Å². The van der Waals surface area contributed by atoms with Crippen LogP contribution in [0.1, 0.15) is 5.56 Å². The Morgan fingerprint density at radius 2 is 1.68 bits per heavy atom. The SMILES string of the molecule is O=C(CN1CCN(Cc2c(Cl)cccc2Cl)CC1)Nc1ccc2nsnc2c1. The summed E-state index contributed by atoms with van der Waals surface area (Å²) in [5.41, 5.74) is 3.36. The van der Waals surface area contributed by atoms with Crippen molar-refractivity contribution in [3.8, 4) is 0 Å². The number of amides is 1. The van der Waals surface area contributed by atoms with Gasteiger partial charge >= 0.3 is 0 Å². The number of carbonyl (C=O) groups is 1. The topological polar surface area (TPSA) is 61.4 Å². The highest BCUT2D eigenvalue weighted by Crippen LogP contribution is 2.26. The largest absolute Gasteiger partial charge is 0.325 e. The maximum atomic E-state index is 12.4. The Hall–Kier alpha value is -1.77. The Labute approximate surface area is 177 Å². The van der Waals surface area contributed by atoms with E-state index < -0.39 is 0 Å². The second-order valence-electron chi connectivity index (χ2n) is 6.77. The quantitative estimate of drug-likeness (QED) is 0.660. The van der Waals surface area contributed by atoms with Gasteiger partial charge in [0.15, 0.2) is 0 Å². The van der Waals surface area contributed by atoms with Crippen molar-refractivity contribution in [1.29, 1.82) is 0 Å². The molecule has 9 heteroatoms. The number of nitrogens with zero attached hydrogens (tertiary/aromatic N) is 4. The monoisotopic (exact) mass is 435 g/mol. The van der Waals surface area contributed by atoms with Crippen LogP contribution in [0.3, 0.4) is 0 Å². The van der Waals surface area contributed by atoms with Gasteiger partial charge in [0.05, 0.1) is 18.3 Å². The van der Waals surface area contributed by atoms with E-state index in [2.05, 4.69) is 23.9 Å². The number of rotatable bonds is 5. The molecule has 1 aliphatic heterocycles. The predicted octanol–water partition coefficient (Wildman–Crippen LogP) is 3.75. The Balaban J connectivity index is 1.27. The molecular formula is C19H19Cl2N5OS. The normalized spacial score (nSPS) is 15.8. The highest BCUT2D eigenvalue weighted by molar-refractivity contribution is 7.00. The lowest BCUT2D eigenvalue weighted by molar-refractivity contribution is -0.117. The fourth-order valence-electron chi connectivity index (χ4n) is 3.28. The molecule has 1 fully saturated rings. The molecule has 1 saturated heterocycles. The molecule has 4 rings (SSSR count). The van der Waals surface area contributed by atoms with E-state index in [-0.39, 0.29) is 5.91 Å². The zero-order chi connectivity index (χ0) is 19.5. The number of nitrogens with one attached hydrogen (secondary N) is 1. The minimum Gasteiger partial charge on any atom is -0.325 e. The van der Waals surface area contributed by atoms with E-state index in [4.69, 9.17) is 23.2 Å². The van der Waals surface area contributed by atoms with Gasteiger partial charge in [-0.25, -0.2) is 0 Å². The summed E-state index contributed by atoms with van der Waals surface area (Å²) in [6, 6.07) is 11.2. The Kier molecular flexibility index (Phi) is 6.08. The standard InChI is InChI=1S/C19H19Cl2N5OS/c20-15-2-1-3-16(21)14(15)11-25-6-8-26(9-7-25)12-19(27)22-13-4-5-17-18(10-13)24-28-23-17/h1-5,10H,6-9,11-12H2,(H,22,27). The summed E-state index contributed by atoms with van der Waals surface area (Å²) in [5.74, 6) is -0.0230. The van der Waals surface area contributed by atoms with E-state index in [1.807, 2.05) is 36.4 Å². The molecule has 0 unspecified atom stereocenters. The molecule has 0 spiro atoms. The van der Waals surface area contributed by atoms with Gasteiger partial charge in [-0.1, -0.05) is 29.3 Å². The van der Waals surface area contributed by atoms with Crippen LogP contribution in [0, 0.1) is 0 Å². The van der Waals surface area contributed by atoms with Gasteiger partial charge in [-0.3, -0.25) is 14.6 Å². The van der Waals surface area contributed by atoms with Gasteiger partial charge < -0.3 is 5.32 Å². The summed E-state index contributed by atoms with van der Waals surface area (Å²) in [6.07, 6.45) is 0. The number of hydrogen-bond acceptors (Lipinski definition) is 6. The van der Waals surface area contributed by atoms with E-state index in [1.54, 1.807) is 0 Å². The van der Waals surface area contributed by atoms with Crippen LogP contribution in [-0.2, 0) is 11.3 Å². The van der Waals surface area contributed by atoms with E-state index >= 15 is 0 Å². The average Bonchev–Trinajstić information content (AvgIpc) is 3.14. The molecule has 1 N–H and O–H groups in total. The summed E-state index contributed by atoms with van der Waals surface area (Å²) in [4.78, 5) is 16.8. The van der Waals surface area contributed by atoms with Crippen LogP contribution in [0.5, 0.6) is 0 Å². The molecule has 1 aliphatic rings. The minimum atomic E-state index is -0.0230. The number of halogens is 2. The van der Waals surface area contributed by atoms with Crippen molar-refractivity contribution in [2.24, 2.45) is 0 Å². The molecule has 0 aliphatic carbocycles. The van der Waals surface area contributed by atoms with Crippen LogP contribution in [0.4, 0.5) is 5.69 Å². The molecule has 1 aromatic heterocycles. The molecular weight excluding hydrogens is 417 g/mol. The minimum absolute atomic E-state index is 0.0230. The van der Waals surface area contributed by atoms with Crippen molar-refractivity contribution in [2.75, 3.05) is 38.0 Å². The third-order valence-electron chi connectivity index (χ3n) is 4.81. The zero-order valence-electron chi connectivity index (χ0n) is 15.1. The first kappa shape index (κ1) is 19.5. The van der Waals surface area contributed by atoms with Gasteiger partial charge in [0.1, 0.15) is 11.0 Å². The number of carbonyl (C=O) groups excluding carboxylic acids is 1. The van der Waals surface area contributed by atoms with Crippen molar-refractivity contribution in [1.82, 2.24) is 18.5 Å². The Bertz CT molecular complexity index is 967. The maximum absolute atomic E-state index is 12.4. The summed E-state index contributed by atoms with van der Waals surface area (Å²) >= 11 is 13.7. The molecule has 3 aromatic rings. The summed E-state index contributed by atoms with van der Waals surface area (Å²) in [5, 5.41) is 4.34. The first-order valence-corrected chi connectivity index (χ1v) is 10.5. The number of aromatic nitrogens is 2. The second kappa shape index (κ2) is 8.71. The van der Waals surface area contributed by atoms with Gasteiger partial charge in [-0.15, -0.1) is 0 Å². The lowest BCUT2D eigenvalue weighted by Gasteiger charge is -2.34. The van der Waals surface area contributed by atoms with Crippen molar-refractivity contribution >= 4 is 57.6 Å². The highest BCUT2D eigenvalue weighted by atomic mass is 35.5. The molecule has 28 heavy (non-hydrogen) atoms. The van der Waals surface area contributed by atoms with Gasteiger partial charge in [0.25, 0.3) is 0 Å². The van der Waals surface area contributed by atoms with Gasteiger partial charge in [0.2, 0.25) is 5.91 Å². The van der Waals surface area contributed by atoms with Gasteiger partial charge in [-0.05, 0) is 30.3 Å². The van der Waals surface area contributed by atoms with Crippen molar-refractivity contribution in [2.45, 2.75) is 6.54 Å². The summed E-state index contributed by atoms with van der Waals surface area (Å²) in [6.45, 7) is 4.47. The molecule has 0 radical (unpaired) electrons. The van der Waals surface area contributed by atoms with Crippen LogP contribution in [0.25, 0.3) is 11.0 Å². The molecule has 2 aromatic carbocycles. The molecule has 6 nitrogen and oxygen atoms in total. The van der Waals surface area contributed by atoms with Gasteiger partial charge in [-0.2, -0.15) is 8.75 Å². The number of fused-ring (bicyclic) bond motifs is 1. The third-order valence-corrected chi connectivity index (χ3v) is 6.08. The number of anilines is 1. The highest BCUT2D eigenvalue weighted by Gasteiger charge is 2.20.